The van der Waals surface area contributed by atoms with Crippen molar-refractivity contribution in [1.82, 2.24) is 19.7 Å². The second-order valence-corrected chi connectivity index (χ2v) is 2.78. The molecule has 5 heteroatoms. The van der Waals surface area contributed by atoms with Crippen LogP contribution in [0, 0.1) is 0 Å². The second-order valence-electron chi connectivity index (χ2n) is 2.78. The first-order chi connectivity index (χ1) is 6.31. The Kier molecular flexibility index (Phi) is 1.86. The number of fused-ring (bicyclic) bond motifs is 1. The summed E-state index contributed by atoms with van der Waals surface area (Å²) >= 11 is 0. The van der Waals surface area contributed by atoms with Crippen LogP contribution < -0.4 is 5.32 Å². The van der Waals surface area contributed by atoms with Crippen molar-refractivity contribution in [2.24, 2.45) is 0 Å². The Hall–Kier alpha value is -1.62. The molecule has 0 atom stereocenters. The number of likely N-dealkylation sites (N-methyl/N-ethyl adjacent to an activating group) is 1. The Labute approximate surface area is 74.8 Å². The molecule has 0 radical (unpaired) electrons. The van der Waals surface area contributed by atoms with Gasteiger partial charge in [0, 0.05) is 18.6 Å². The van der Waals surface area contributed by atoms with E-state index in [0.717, 1.165) is 0 Å². The SMILES string of the molecule is CNCC(=O)c1cn2ccnc2[nH]1. The van der Waals surface area contributed by atoms with Gasteiger partial charge in [-0.25, -0.2) is 4.98 Å². The van der Waals surface area contributed by atoms with Crippen LogP contribution in [-0.2, 0) is 0 Å². The number of rotatable bonds is 3. The number of Topliss-reactive ketones (excluding diaryl/α,β-unsaturated/α-hetero) is 1. The van der Waals surface area contributed by atoms with Crippen molar-refractivity contribution >= 4 is 11.6 Å². The van der Waals surface area contributed by atoms with Gasteiger partial charge >= 0.3 is 0 Å². The van der Waals surface area contributed by atoms with Crippen LogP contribution in [-0.4, -0.2) is 33.7 Å². The number of ketones is 1. The normalized spacial score (nSPS) is 10.8. The first kappa shape index (κ1) is 8.00. The van der Waals surface area contributed by atoms with Crippen molar-refractivity contribution in [3.05, 3.63) is 24.3 Å². The van der Waals surface area contributed by atoms with Gasteiger partial charge in [-0.3, -0.25) is 9.20 Å². The van der Waals surface area contributed by atoms with Crippen LogP contribution in [0.3, 0.4) is 0 Å². The van der Waals surface area contributed by atoms with E-state index < -0.39 is 0 Å². The van der Waals surface area contributed by atoms with Crippen molar-refractivity contribution < 1.29 is 4.79 Å². The van der Waals surface area contributed by atoms with Gasteiger partial charge < -0.3 is 10.3 Å². The van der Waals surface area contributed by atoms with Crippen molar-refractivity contribution in [1.29, 1.82) is 0 Å². The Morgan fingerprint density at radius 3 is 3.31 bits per heavy atom. The Balaban J connectivity index is 2.34. The lowest BCUT2D eigenvalue weighted by Gasteiger charge is -1.93. The number of hydrogen-bond acceptors (Lipinski definition) is 3. The Bertz CT molecular complexity index is 399. The van der Waals surface area contributed by atoms with E-state index in [1.54, 1.807) is 30.0 Å². The molecule has 0 aliphatic rings. The van der Waals surface area contributed by atoms with Gasteiger partial charge in [-0.15, -0.1) is 0 Å². The third-order valence-electron chi connectivity index (χ3n) is 1.82. The average molecular weight is 178 g/mol. The van der Waals surface area contributed by atoms with Crippen LogP contribution in [0.1, 0.15) is 10.5 Å². The zero-order chi connectivity index (χ0) is 9.26. The lowest BCUT2D eigenvalue weighted by atomic mass is 10.3. The van der Waals surface area contributed by atoms with E-state index in [1.165, 1.54) is 0 Å². The van der Waals surface area contributed by atoms with Crippen molar-refractivity contribution in [2.75, 3.05) is 13.6 Å². The van der Waals surface area contributed by atoms with Crippen LogP contribution in [0.15, 0.2) is 18.6 Å². The van der Waals surface area contributed by atoms with E-state index in [1.807, 2.05) is 0 Å². The minimum Gasteiger partial charge on any atom is -0.321 e. The summed E-state index contributed by atoms with van der Waals surface area (Å²) in [5.41, 5.74) is 0.581. The predicted molar refractivity (Wildman–Crippen MR) is 47.8 cm³/mol. The predicted octanol–water partition coefficient (Wildman–Crippen LogP) is 0.0645. The molecule has 2 N–H and O–H groups in total. The number of aromatic nitrogens is 3. The largest absolute Gasteiger partial charge is 0.321 e. The van der Waals surface area contributed by atoms with E-state index in [0.29, 0.717) is 18.0 Å². The quantitative estimate of drug-likeness (QED) is 0.653. The first-order valence-electron chi connectivity index (χ1n) is 4.01. The van der Waals surface area contributed by atoms with Gasteiger partial charge in [0.15, 0.2) is 5.78 Å². The molecule has 0 aliphatic heterocycles. The Morgan fingerprint density at radius 1 is 1.77 bits per heavy atom. The molecule has 2 heterocycles. The lowest BCUT2D eigenvalue weighted by molar-refractivity contribution is 0.0989. The monoisotopic (exact) mass is 178 g/mol. The highest BCUT2D eigenvalue weighted by molar-refractivity contribution is 5.96. The van der Waals surface area contributed by atoms with Crippen LogP contribution in [0.2, 0.25) is 0 Å². The van der Waals surface area contributed by atoms with E-state index in [2.05, 4.69) is 15.3 Å². The third kappa shape index (κ3) is 1.33. The van der Waals surface area contributed by atoms with Gasteiger partial charge in [-0.2, -0.15) is 0 Å². The molecule has 2 aromatic rings. The zero-order valence-corrected chi connectivity index (χ0v) is 7.24. The number of hydrogen-bond donors (Lipinski definition) is 2. The summed E-state index contributed by atoms with van der Waals surface area (Å²) in [4.78, 5) is 18.3. The molecule has 13 heavy (non-hydrogen) atoms. The maximum atomic E-state index is 11.4. The zero-order valence-electron chi connectivity index (χ0n) is 7.24. The fourth-order valence-electron chi connectivity index (χ4n) is 1.20. The van der Waals surface area contributed by atoms with Crippen LogP contribution in [0.4, 0.5) is 0 Å². The highest BCUT2D eigenvalue weighted by atomic mass is 16.1. The van der Waals surface area contributed by atoms with Crippen LogP contribution in [0.5, 0.6) is 0 Å². The van der Waals surface area contributed by atoms with Gasteiger partial charge in [-0.1, -0.05) is 0 Å². The topological polar surface area (TPSA) is 62.2 Å². The molecule has 0 fully saturated rings. The molecule has 0 unspecified atom stereocenters. The van der Waals surface area contributed by atoms with E-state index in [9.17, 15) is 4.79 Å². The van der Waals surface area contributed by atoms with E-state index in [-0.39, 0.29) is 5.78 Å². The van der Waals surface area contributed by atoms with E-state index >= 15 is 0 Å². The summed E-state index contributed by atoms with van der Waals surface area (Å²) in [6.45, 7) is 0.337. The summed E-state index contributed by atoms with van der Waals surface area (Å²) in [5, 5.41) is 2.80. The molecule has 0 saturated heterocycles. The summed E-state index contributed by atoms with van der Waals surface area (Å²) in [6, 6.07) is 0. The maximum Gasteiger partial charge on any atom is 0.211 e. The summed E-state index contributed by atoms with van der Waals surface area (Å²) in [5.74, 6) is 0.729. The highest BCUT2D eigenvalue weighted by Gasteiger charge is 2.08. The molecule has 0 amide bonds. The molecule has 68 valence electrons. The second kappa shape index (κ2) is 3.02. The number of carbonyl (C=O) groups is 1. The fraction of sp³-hybridized carbons (Fsp3) is 0.250. The summed E-state index contributed by atoms with van der Waals surface area (Å²) in [7, 11) is 1.74. The molecule has 2 rings (SSSR count). The first-order valence-corrected chi connectivity index (χ1v) is 4.01. The summed E-state index contributed by atoms with van der Waals surface area (Å²) < 4.78 is 1.78. The van der Waals surface area contributed by atoms with Gasteiger partial charge in [0.1, 0.15) is 5.69 Å². The van der Waals surface area contributed by atoms with E-state index in [4.69, 9.17) is 0 Å². The van der Waals surface area contributed by atoms with Gasteiger partial charge in [0.25, 0.3) is 0 Å². The van der Waals surface area contributed by atoms with Crippen LogP contribution in [0.25, 0.3) is 5.78 Å². The molecule has 5 nitrogen and oxygen atoms in total. The average Bonchev–Trinajstić information content (AvgIpc) is 2.61. The molecule has 2 aromatic heterocycles. The highest BCUT2D eigenvalue weighted by Crippen LogP contribution is 2.02. The van der Waals surface area contributed by atoms with Gasteiger partial charge in [-0.05, 0) is 7.05 Å². The lowest BCUT2D eigenvalue weighted by Crippen LogP contribution is -2.18. The molecular formula is C8H10N4O. The van der Waals surface area contributed by atoms with Crippen molar-refractivity contribution in [3.8, 4) is 0 Å². The minimum atomic E-state index is 0.0352. The van der Waals surface area contributed by atoms with Gasteiger partial charge in [0.05, 0.1) is 6.54 Å². The standard InChI is InChI=1S/C8H10N4O/c1-9-4-7(13)6-5-12-3-2-10-8(12)11-6/h2-3,5,9H,4H2,1H3,(H,10,11). The minimum absolute atomic E-state index is 0.0352. The van der Waals surface area contributed by atoms with Crippen molar-refractivity contribution in [3.63, 3.8) is 0 Å². The number of aromatic amines is 1. The third-order valence-corrected chi connectivity index (χ3v) is 1.82. The molecule has 0 spiro atoms. The number of H-pyrrole nitrogens is 1. The molecule has 0 saturated carbocycles. The molecule has 0 bridgehead atoms. The molecule has 0 aliphatic carbocycles. The number of carbonyl (C=O) groups excluding carboxylic acids is 1. The van der Waals surface area contributed by atoms with Crippen molar-refractivity contribution in [2.45, 2.75) is 0 Å². The smallest absolute Gasteiger partial charge is 0.211 e. The molecule has 0 aromatic carbocycles. The fourth-order valence-corrected chi connectivity index (χ4v) is 1.20. The maximum absolute atomic E-state index is 11.4. The molecular weight excluding hydrogens is 168 g/mol. The number of nitrogens with zero attached hydrogens (tertiary/aromatic N) is 2. The number of imidazole rings is 2. The van der Waals surface area contributed by atoms with Gasteiger partial charge in [0.2, 0.25) is 5.78 Å². The Morgan fingerprint density at radius 2 is 2.62 bits per heavy atom. The number of nitrogens with one attached hydrogen (secondary N) is 2. The summed E-state index contributed by atoms with van der Waals surface area (Å²) in [6.07, 6.45) is 5.21. The van der Waals surface area contributed by atoms with Crippen LogP contribution >= 0.6 is 0 Å².